The van der Waals surface area contributed by atoms with Gasteiger partial charge in [0.05, 0.1) is 18.3 Å². The summed E-state index contributed by atoms with van der Waals surface area (Å²) in [6.45, 7) is 3.93. The summed E-state index contributed by atoms with van der Waals surface area (Å²) in [5.41, 5.74) is 1.80. The molecule has 23 heavy (non-hydrogen) atoms. The lowest BCUT2D eigenvalue weighted by Crippen LogP contribution is -2.50. The van der Waals surface area contributed by atoms with Crippen LogP contribution in [0.1, 0.15) is 28.8 Å². The summed E-state index contributed by atoms with van der Waals surface area (Å²) in [6.07, 6.45) is 2.09. The van der Waals surface area contributed by atoms with Gasteiger partial charge < -0.3 is 14.4 Å². The molecule has 0 unspecified atom stereocenters. The van der Waals surface area contributed by atoms with Crippen molar-refractivity contribution in [2.24, 2.45) is 0 Å². The zero-order valence-electron chi connectivity index (χ0n) is 14.7. The van der Waals surface area contributed by atoms with Crippen molar-refractivity contribution in [3.8, 4) is 0 Å². The molecule has 0 aliphatic carbocycles. The molecule has 0 bridgehead atoms. The van der Waals surface area contributed by atoms with Crippen LogP contribution in [0.25, 0.3) is 0 Å². The number of benzene rings is 1. The maximum absolute atomic E-state index is 11.5. The van der Waals surface area contributed by atoms with Crippen molar-refractivity contribution in [2.45, 2.75) is 25.0 Å². The van der Waals surface area contributed by atoms with Crippen LogP contribution in [-0.2, 0) is 16.0 Å². The highest BCUT2D eigenvalue weighted by Crippen LogP contribution is 2.27. The molecule has 0 amide bonds. The summed E-state index contributed by atoms with van der Waals surface area (Å²) < 4.78 is 10.5. The molecule has 0 aromatic heterocycles. The van der Waals surface area contributed by atoms with Crippen LogP contribution in [0.3, 0.4) is 0 Å². The van der Waals surface area contributed by atoms with Crippen molar-refractivity contribution in [3.63, 3.8) is 0 Å². The Balaban J connectivity index is 1.90. The highest BCUT2D eigenvalue weighted by molar-refractivity contribution is 5.89. The van der Waals surface area contributed by atoms with Crippen LogP contribution in [0.5, 0.6) is 0 Å². The second kappa shape index (κ2) is 7.90. The quantitative estimate of drug-likeness (QED) is 0.750. The Bertz CT molecular complexity index is 506. The number of esters is 1. The maximum atomic E-state index is 11.5. The fourth-order valence-corrected chi connectivity index (χ4v) is 3.24. The molecule has 0 atom stereocenters. The Morgan fingerprint density at radius 1 is 1.17 bits per heavy atom. The van der Waals surface area contributed by atoms with Crippen LogP contribution >= 0.6 is 0 Å². The first-order valence-electron chi connectivity index (χ1n) is 8.07. The molecule has 5 heteroatoms. The van der Waals surface area contributed by atoms with Gasteiger partial charge >= 0.3 is 5.97 Å². The van der Waals surface area contributed by atoms with Crippen LogP contribution in [0.2, 0.25) is 0 Å². The van der Waals surface area contributed by atoms with E-state index in [-0.39, 0.29) is 11.6 Å². The van der Waals surface area contributed by atoms with Crippen molar-refractivity contribution in [1.29, 1.82) is 0 Å². The van der Waals surface area contributed by atoms with E-state index >= 15 is 0 Å². The van der Waals surface area contributed by atoms with Crippen LogP contribution in [-0.4, -0.2) is 69.3 Å². The number of ether oxygens (including phenoxy) is 2. The number of likely N-dealkylation sites (N-methyl/N-ethyl adjacent to an activating group) is 1. The highest BCUT2D eigenvalue weighted by atomic mass is 16.5. The van der Waals surface area contributed by atoms with Crippen LogP contribution in [0.4, 0.5) is 0 Å². The van der Waals surface area contributed by atoms with Crippen molar-refractivity contribution in [2.75, 3.05) is 47.9 Å². The molecule has 1 fully saturated rings. The van der Waals surface area contributed by atoms with E-state index in [2.05, 4.69) is 23.9 Å². The first-order valence-corrected chi connectivity index (χ1v) is 8.07. The smallest absolute Gasteiger partial charge is 0.337 e. The number of hydrogen-bond donors (Lipinski definition) is 0. The monoisotopic (exact) mass is 320 g/mol. The summed E-state index contributed by atoms with van der Waals surface area (Å²) in [5.74, 6) is -0.289. The molecule has 1 aromatic carbocycles. The SMILES string of the molecule is COC(=O)c1ccc(CN2CCC(CN(C)C)(OC)CC2)cc1. The van der Waals surface area contributed by atoms with Gasteiger partial charge in [-0.1, -0.05) is 12.1 Å². The minimum atomic E-state index is -0.289. The van der Waals surface area contributed by atoms with Gasteiger partial charge in [0.15, 0.2) is 0 Å². The summed E-state index contributed by atoms with van der Waals surface area (Å²) in [7, 11) is 7.41. The fourth-order valence-electron chi connectivity index (χ4n) is 3.24. The van der Waals surface area contributed by atoms with E-state index in [1.807, 2.05) is 31.4 Å². The standard InChI is InChI=1S/C18H28N2O3/c1-19(2)14-18(23-4)9-11-20(12-10-18)13-15-5-7-16(8-6-15)17(21)22-3/h5-8H,9-14H2,1-4H3. The van der Waals surface area contributed by atoms with Gasteiger partial charge in [0.1, 0.15) is 0 Å². The van der Waals surface area contributed by atoms with E-state index in [1.165, 1.54) is 12.7 Å². The molecule has 0 saturated carbocycles. The molecule has 1 heterocycles. The molecule has 0 spiro atoms. The molecule has 0 radical (unpaired) electrons. The Hall–Kier alpha value is -1.43. The van der Waals surface area contributed by atoms with Gasteiger partial charge in [-0.2, -0.15) is 0 Å². The minimum absolute atomic E-state index is 0.0191. The van der Waals surface area contributed by atoms with E-state index in [0.717, 1.165) is 39.0 Å². The molecular formula is C18H28N2O3. The predicted octanol–water partition coefficient (Wildman–Crippen LogP) is 2.02. The molecular weight excluding hydrogens is 292 g/mol. The number of piperidine rings is 1. The molecule has 1 saturated heterocycles. The summed E-state index contributed by atoms with van der Waals surface area (Å²) in [6, 6.07) is 7.67. The second-order valence-corrected chi connectivity index (χ2v) is 6.59. The molecule has 5 nitrogen and oxygen atoms in total. The Kier molecular flexibility index (Phi) is 6.16. The zero-order valence-corrected chi connectivity index (χ0v) is 14.7. The number of nitrogens with zero attached hydrogens (tertiary/aromatic N) is 2. The van der Waals surface area contributed by atoms with E-state index in [1.54, 1.807) is 0 Å². The van der Waals surface area contributed by atoms with Gasteiger partial charge in [-0.3, -0.25) is 4.90 Å². The topological polar surface area (TPSA) is 42.0 Å². The first kappa shape index (κ1) is 17.9. The first-order chi connectivity index (χ1) is 11.0. The zero-order chi connectivity index (χ0) is 16.9. The van der Waals surface area contributed by atoms with Crippen LogP contribution in [0, 0.1) is 0 Å². The molecule has 1 aliphatic rings. The van der Waals surface area contributed by atoms with E-state index < -0.39 is 0 Å². The molecule has 0 N–H and O–H groups in total. The maximum Gasteiger partial charge on any atom is 0.337 e. The lowest BCUT2D eigenvalue weighted by atomic mass is 9.90. The summed E-state index contributed by atoms with van der Waals surface area (Å²) in [4.78, 5) is 16.1. The van der Waals surface area contributed by atoms with Gasteiger partial charge in [0, 0.05) is 33.3 Å². The Labute approximate surface area is 139 Å². The second-order valence-electron chi connectivity index (χ2n) is 6.59. The normalized spacial score (nSPS) is 18.1. The van der Waals surface area contributed by atoms with E-state index in [9.17, 15) is 4.79 Å². The molecule has 128 valence electrons. The third kappa shape index (κ3) is 4.77. The van der Waals surface area contributed by atoms with Crippen molar-refractivity contribution in [1.82, 2.24) is 9.80 Å². The number of carbonyl (C=O) groups is 1. The third-order valence-corrected chi connectivity index (χ3v) is 4.59. The van der Waals surface area contributed by atoms with Crippen molar-refractivity contribution in [3.05, 3.63) is 35.4 Å². The van der Waals surface area contributed by atoms with Crippen molar-refractivity contribution >= 4 is 5.97 Å². The number of methoxy groups -OCH3 is 2. The molecule has 2 rings (SSSR count). The van der Waals surface area contributed by atoms with Gasteiger partial charge in [0.25, 0.3) is 0 Å². The summed E-state index contributed by atoms with van der Waals surface area (Å²) in [5, 5.41) is 0. The Morgan fingerprint density at radius 3 is 2.26 bits per heavy atom. The number of likely N-dealkylation sites (tertiary alicyclic amines) is 1. The minimum Gasteiger partial charge on any atom is -0.465 e. The number of carbonyl (C=O) groups excluding carboxylic acids is 1. The Morgan fingerprint density at radius 2 is 1.78 bits per heavy atom. The average Bonchev–Trinajstić information content (AvgIpc) is 2.56. The van der Waals surface area contributed by atoms with Crippen molar-refractivity contribution < 1.29 is 14.3 Å². The van der Waals surface area contributed by atoms with Gasteiger partial charge in [-0.15, -0.1) is 0 Å². The molecule has 1 aromatic rings. The predicted molar refractivity (Wildman–Crippen MR) is 90.6 cm³/mol. The van der Waals surface area contributed by atoms with Crippen LogP contribution < -0.4 is 0 Å². The lowest BCUT2D eigenvalue weighted by molar-refractivity contribution is -0.0712. The average molecular weight is 320 g/mol. The van der Waals surface area contributed by atoms with Crippen LogP contribution in [0.15, 0.2) is 24.3 Å². The number of rotatable bonds is 6. The lowest BCUT2D eigenvalue weighted by Gasteiger charge is -2.42. The fraction of sp³-hybridized carbons (Fsp3) is 0.611. The summed E-state index contributed by atoms with van der Waals surface area (Å²) >= 11 is 0. The largest absolute Gasteiger partial charge is 0.465 e. The highest BCUT2D eigenvalue weighted by Gasteiger charge is 2.34. The number of hydrogen-bond acceptors (Lipinski definition) is 5. The molecule has 1 aliphatic heterocycles. The van der Waals surface area contributed by atoms with Gasteiger partial charge in [-0.05, 0) is 44.6 Å². The third-order valence-electron chi connectivity index (χ3n) is 4.59. The van der Waals surface area contributed by atoms with E-state index in [4.69, 9.17) is 9.47 Å². The van der Waals surface area contributed by atoms with E-state index in [0.29, 0.717) is 5.56 Å². The van der Waals surface area contributed by atoms with Gasteiger partial charge in [0.2, 0.25) is 0 Å². The van der Waals surface area contributed by atoms with Gasteiger partial charge in [-0.25, -0.2) is 4.79 Å².